The van der Waals surface area contributed by atoms with Crippen LogP contribution in [0, 0.1) is 0 Å². The van der Waals surface area contributed by atoms with Gasteiger partial charge in [-0.15, -0.1) is 12.4 Å². The van der Waals surface area contributed by atoms with Gasteiger partial charge in [0.15, 0.2) is 18.1 Å². The minimum Gasteiger partial charge on any atom is -0.490 e. The van der Waals surface area contributed by atoms with Gasteiger partial charge in [-0.3, -0.25) is 4.79 Å². The number of primary amides is 1. The van der Waals surface area contributed by atoms with E-state index in [1.807, 2.05) is 31.2 Å². The summed E-state index contributed by atoms with van der Waals surface area (Å²) in [6.07, 6.45) is 0.951. The average molecular weight is 399 g/mol. The highest BCUT2D eigenvalue weighted by molar-refractivity contribution is 6.32. The van der Waals surface area contributed by atoms with Gasteiger partial charge in [0.2, 0.25) is 0 Å². The third kappa shape index (κ3) is 7.12. The quantitative estimate of drug-likeness (QED) is 0.601. The third-order valence-electron chi connectivity index (χ3n) is 3.49. The Balaban J connectivity index is 0.00000338. The van der Waals surface area contributed by atoms with Crippen molar-refractivity contribution in [1.29, 1.82) is 0 Å². The largest absolute Gasteiger partial charge is 0.490 e. The van der Waals surface area contributed by atoms with Crippen molar-refractivity contribution in [2.24, 2.45) is 5.73 Å². The SMILES string of the molecule is CCOc1cc(CNCCc2ccccc2)cc(Cl)c1OCC(N)=O.Cl. The summed E-state index contributed by atoms with van der Waals surface area (Å²) in [6, 6.07) is 14.0. The highest BCUT2D eigenvalue weighted by atomic mass is 35.5. The van der Waals surface area contributed by atoms with Crippen LogP contribution in [0.4, 0.5) is 0 Å². The maximum atomic E-state index is 10.9. The Kier molecular flexibility index (Phi) is 9.88. The van der Waals surface area contributed by atoms with Gasteiger partial charge >= 0.3 is 0 Å². The van der Waals surface area contributed by atoms with Gasteiger partial charge in [0.05, 0.1) is 11.6 Å². The Hall–Kier alpha value is -1.95. The van der Waals surface area contributed by atoms with E-state index < -0.39 is 5.91 Å². The first-order chi connectivity index (χ1) is 12.1. The number of nitrogens with two attached hydrogens (primary N) is 1. The van der Waals surface area contributed by atoms with Crippen molar-refractivity contribution >= 4 is 29.9 Å². The van der Waals surface area contributed by atoms with Crippen molar-refractivity contribution < 1.29 is 14.3 Å². The van der Waals surface area contributed by atoms with Gasteiger partial charge < -0.3 is 20.5 Å². The zero-order chi connectivity index (χ0) is 18.1. The van der Waals surface area contributed by atoms with Crippen molar-refractivity contribution in [3.05, 3.63) is 58.6 Å². The summed E-state index contributed by atoms with van der Waals surface area (Å²) in [5.41, 5.74) is 7.39. The van der Waals surface area contributed by atoms with E-state index in [9.17, 15) is 4.79 Å². The fourth-order valence-electron chi connectivity index (χ4n) is 2.38. The Labute approximate surface area is 165 Å². The number of carbonyl (C=O) groups excluding carboxylic acids is 1. The van der Waals surface area contributed by atoms with E-state index in [2.05, 4.69) is 17.4 Å². The van der Waals surface area contributed by atoms with Crippen LogP contribution in [0.3, 0.4) is 0 Å². The monoisotopic (exact) mass is 398 g/mol. The number of hydrogen-bond acceptors (Lipinski definition) is 4. The second-order valence-corrected chi connectivity index (χ2v) is 5.91. The summed E-state index contributed by atoms with van der Waals surface area (Å²) in [5.74, 6) is 0.289. The molecule has 5 nitrogen and oxygen atoms in total. The van der Waals surface area contributed by atoms with Gasteiger partial charge in [-0.1, -0.05) is 41.9 Å². The number of rotatable bonds is 10. The molecule has 2 rings (SSSR count). The minimum absolute atomic E-state index is 0. The van der Waals surface area contributed by atoms with E-state index in [1.54, 1.807) is 6.07 Å². The van der Waals surface area contributed by atoms with Gasteiger partial charge in [0.1, 0.15) is 0 Å². The molecule has 1 amide bonds. The van der Waals surface area contributed by atoms with Crippen molar-refractivity contribution in [2.75, 3.05) is 19.8 Å². The van der Waals surface area contributed by atoms with Gasteiger partial charge in [0, 0.05) is 6.54 Å². The van der Waals surface area contributed by atoms with E-state index in [4.69, 9.17) is 26.8 Å². The first-order valence-corrected chi connectivity index (χ1v) is 8.59. The van der Waals surface area contributed by atoms with Crippen LogP contribution >= 0.6 is 24.0 Å². The zero-order valence-corrected chi connectivity index (χ0v) is 16.2. The molecule has 0 radical (unpaired) electrons. The van der Waals surface area contributed by atoms with Crippen molar-refractivity contribution in [1.82, 2.24) is 5.32 Å². The van der Waals surface area contributed by atoms with Crippen molar-refractivity contribution in [2.45, 2.75) is 19.9 Å². The highest BCUT2D eigenvalue weighted by Crippen LogP contribution is 2.36. The number of benzene rings is 2. The lowest BCUT2D eigenvalue weighted by Crippen LogP contribution is -2.20. The Morgan fingerprint density at radius 2 is 1.88 bits per heavy atom. The number of ether oxygens (including phenoxy) is 2. The van der Waals surface area contributed by atoms with Crippen LogP contribution in [0.25, 0.3) is 0 Å². The molecule has 0 atom stereocenters. The lowest BCUT2D eigenvalue weighted by molar-refractivity contribution is -0.119. The molecule has 142 valence electrons. The smallest absolute Gasteiger partial charge is 0.255 e. The molecular formula is C19H24Cl2N2O3. The highest BCUT2D eigenvalue weighted by Gasteiger charge is 2.13. The Morgan fingerprint density at radius 1 is 1.15 bits per heavy atom. The summed E-state index contributed by atoms with van der Waals surface area (Å²) in [6.45, 7) is 3.60. The molecule has 0 unspecified atom stereocenters. The molecule has 0 saturated carbocycles. The van der Waals surface area contributed by atoms with Crippen LogP contribution in [0.5, 0.6) is 11.5 Å². The summed E-state index contributed by atoms with van der Waals surface area (Å²) in [7, 11) is 0. The predicted molar refractivity (Wildman–Crippen MR) is 106 cm³/mol. The second kappa shape index (κ2) is 11.6. The molecule has 0 aliphatic carbocycles. The molecule has 0 fully saturated rings. The van der Waals surface area contributed by atoms with Crippen molar-refractivity contribution in [3.8, 4) is 11.5 Å². The van der Waals surface area contributed by atoms with Gasteiger partial charge in [-0.25, -0.2) is 0 Å². The maximum Gasteiger partial charge on any atom is 0.255 e. The average Bonchev–Trinajstić information content (AvgIpc) is 2.59. The molecule has 7 heteroatoms. The summed E-state index contributed by atoms with van der Waals surface area (Å²) in [4.78, 5) is 10.9. The number of halogens is 2. The Morgan fingerprint density at radius 3 is 2.54 bits per heavy atom. The van der Waals surface area contributed by atoms with Gasteiger partial charge in [-0.05, 0) is 43.1 Å². The standard InChI is InChI=1S/C19H23ClN2O3.ClH/c1-2-24-17-11-15(10-16(20)19(17)25-13-18(21)23)12-22-9-8-14-6-4-3-5-7-14;/h3-7,10-11,22H,2,8-9,12-13H2,1H3,(H2,21,23);1H. The fourth-order valence-corrected chi connectivity index (χ4v) is 2.67. The summed E-state index contributed by atoms with van der Waals surface area (Å²) >= 11 is 6.28. The lowest BCUT2D eigenvalue weighted by atomic mass is 10.1. The molecule has 0 aromatic heterocycles. The maximum absolute atomic E-state index is 10.9. The number of hydrogen-bond donors (Lipinski definition) is 2. The number of nitrogens with one attached hydrogen (secondary N) is 1. The molecule has 0 bridgehead atoms. The van der Waals surface area contributed by atoms with E-state index in [0.29, 0.717) is 29.7 Å². The predicted octanol–water partition coefficient (Wildman–Crippen LogP) is 3.36. The topological polar surface area (TPSA) is 73.6 Å². The first-order valence-electron chi connectivity index (χ1n) is 8.21. The summed E-state index contributed by atoms with van der Waals surface area (Å²) in [5, 5.41) is 3.78. The lowest BCUT2D eigenvalue weighted by Gasteiger charge is -2.15. The Bertz CT molecular complexity index is 697. The van der Waals surface area contributed by atoms with Crippen LogP contribution in [0.2, 0.25) is 5.02 Å². The second-order valence-electron chi connectivity index (χ2n) is 5.51. The zero-order valence-electron chi connectivity index (χ0n) is 14.7. The van der Waals surface area contributed by atoms with E-state index in [0.717, 1.165) is 18.5 Å². The molecule has 0 heterocycles. The molecule has 2 aromatic rings. The van der Waals surface area contributed by atoms with Crippen LogP contribution in [-0.2, 0) is 17.8 Å². The molecule has 2 aromatic carbocycles. The normalized spacial score (nSPS) is 10.1. The minimum atomic E-state index is -0.565. The van der Waals surface area contributed by atoms with Crippen LogP contribution in [0.15, 0.2) is 42.5 Å². The molecule has 0 aliphatic rings. The molecule has 0 saturated heterocycles. The van der Waals surface area contributed by atoms with Crippen LogP contribution in [-0.4, -0.2) is 25.7 Å². The fraction of sp³-hybridized carbons (Fsp3) is 0.316. The first kappa shape index (κ1) is 22.1. The van der Waals surface area contributed by atoms with Gasteiger partial charge in [0.25, 0.3) is 5.91 Å². The van der Waals surface area contributed by atoms with E-state index in [-0.39, 0.29) is 19.0 Å². The molecule has 0 aliphatic heterocycles. The molecular weight excluding hydrogens is 375 g/mol. The van der Waals surface area contributed by atoms with Crippen LogP contribution < -0.4 is 20.5 Å². The number of carbonyl (C=O) groups is 1. The van der Waals surface area contributed by atoms with Gasteiger partial charge in [-0.2, -0.15) is 0 Å². The van der Waals surface area contributed by atoms with Crippen LogP contribution in [0.1, 0.15) is 18.1 Å². The summed E-state index contributed by atoms with van der Waals surface area (Å²) < 4.78 is 10.9. The molecule has 26 heavy (non-hydrogen) atoms. The number of amides is 1. The molecule has 0 spiro atoms. The van der Waals surface area contributed by atoms with Crippen molar-refractivity contribution in [3.63, 3.8) is 0 Å². The third-order valence-corrected chi connectivity index (χ3v) is 3.77. The van der Waals surface area contributed by atoms with E-state index in [1.165, 1.54) is 5.56 Å². The molecule has 3 N–H and O–H groups in total. The van der Waals surface area contributed by atoms with E-state index >= 15 is 0 Å².